The van der Waals surface area contributed by atoms with Crippen LogP contribution in [0.15, 0.2) is 72.8 Å². The number of rotatable bonds is 12. The summed E-state index contributed by atoms with van der Waals surface area (Å²) in [6.07, 6.45) is 1.72. The Labute approximate surface area is 257 Å². The summed E-state index contributed by atoms with van der Waals surface area (Å²) in [4.78, 5) is 20.1. The summed E-state index contributed by atoms with van der Waals surface area (Å²) in [6.45, 7) is 1.52. The second kappa shape index (κ2) is 12.0. The summed E-state index contributed by atoms with van der Waals surface area (Å²) < 4.78 is 62.0. The molecule has 0 amide bonds. The maximum Gasteiger partial charge on any atom is 0.298 e. The Morgan fingerprint density at radius 1 is 0.956 bits per heavy atom. The van der Waals surface area contributed by atoms with Crippen molar-refractivity contribution in [2.24, 2.45) is 5.41 Å². The van der Waals surface area contributed by atoms with Crippen molar-refractivity contribution >= 4 is 17.5 Å². The number of halogens is 3. The van der Waals surface area contributed by atoms with Gasteiger partial charge >= 0.3 is 0 Å². The molecule has 0 spiro atoms. The minimum absolute atomic E-state index is 0.00445. The number of imidazole rings is 1. The molecule has 10 heteroatoms. The number of hydrogen-bond acceptors (Lipinski definition) is 6. The highest BCUT2D eigenvalue weighted by atomic mass is 19.1. The number of ether oxygens (including phenoxy) is 3. The molecule has 2 aliphatic rings. The van der Waals surface area contributed by atoms with Crippen LogP contribution in [-0.4, -0.2) is 40.9 Å². The Bertz CT molecular complexity index is 1880. The van der Waals surface area contributed by atoms with E-state index >= 15 is 4.39 Å². The minimum Gasteiger partial charge on any atom is -0.473 e. The lowest BCUT2D eigenvalue weighted by Crippen LogP contribution is -2.25. The molecular weight excluding hydrogens is 583 g/mol. The highest BCUT2D eigenvalue weighted by Crippen LogP contribution is 2.48. The summed E-state index contributed by atoms with van der Waals surface area (Å²) in [7, 11) is 0. The van der Waals surface area contributed by atoms with Gasteiger partial charge in [-0.15, -0.1) is 0 Å². The molecule has 1 aliphatic carbocycles. The average Bonchev–Trinajstić information content (AvgIpc) is 3.72. The third kappa shape index (κ3) is 6.02. The quantitative estimate of drug-likeness (QED) is 0.142. The fourth-order valence-corrected chi connectivity index (χ4v) is 5.63. The largest absolute Gasteiger partial charge is 0.473 e. The molecule has 0 unspecified atom stereocenters. The zero-order valence-electron chi connectivity index (χ0n) is 24.3. The molecule has 0 N–H and O–H groups in total. The van der Waals surface area contributed by atoms with E-state index in [-0.39, 0.29) is 24.8 Å². The summed E-state index contributed by atoms with van der Waals surface area (Å²) in [5.74, 6) is 0.695. The number of nitrogens with zero attached hydrogens (tertiary/aromatic N) is 3. The Hall–Kier alpha value is -4.70. The molecular formula is C35H30F3N3O4. The van der Waals surface area contributed by atoms with E-state index in [1.54, 1.807) is 54.6 Å². The number of aromatic nitrogens is 3. The lowest BCUT2D eigenvalue weighted by molar-refractivity contribution is -0.120. The van der Waals surface area contributed by atoms with Crippen LogP contribution in [0.1, 0.15) is 41.3 Å². The van der Waals surface area contributed by atoms with Gasteiger partial charge in [-0.25, -0.2) is 18.7 Å². The van der Waals surface area contributed by atoms with E-state index in [9.17, 15) is 13.6 Å². The van der Waals surface area contributed by atoms with Gasteiger partial charge in [0.1, 0.15) is 29.8 Å². The van der Waals surface area contributed by atoms with Crippen molar-refractivity contribution in [2.75, 3.05) is 19.9 Å². The van der Waals surface area contributed by atoms with Crippen LogP contribution in [0.2, 0.25) is 0 Å². The Kier molecular flexibility index (Phi) is 7.75. The monoisotopic (exact) mass is 613 g/mol. The normalized spacial score (nSPS) is 15.5. The molecule has 1 saturated heterocycles. The Morgan fingerprint density at radius 2 is 1.78 bits per heavy atom. The molecule has 1 saturated carbocycles. The molecule has 2 fully saturated rings. The van der Waals surface area contributed by atoms with Gasteiger partial charge in [0.2, 0.25) is 5.88 Å². The Morgan fingerprint density at radius 3 is 2.49 bits per heavy atom. The van der Waals surface area contributed by atoms with Crippen molar-refractivity contribution in [2.45, 2.75) is 38.3 Å². The lowest BCUT2D eigenvalue weighted by atomic mass is 9.96. The van der Waals surface area contributed by atoms with Crippen molar-refractivity contribution in [3.8, 4) is 22.9 Å². The minimum atomic E-state index is -0.453. The number of hydrogen-bond donors (Lipinski definition) is 0. The van der Waals surface area contributed by atoms with Gasteiger partial charge < -0.3 is 18.8 Å². The second-order valence-corrected chi connectivity index (χ2v) is 11.8. The van der Waals surface area contributed by atoms with E-state index in [1.165, 1.54) is 12.1 Å². The molecule has 0 radical (unpaired) electrons. The molecule has 7 rings (SSSR count). The summed E-state index contributed by atoms with van der Waals surface area (Å²) in [6, 6.07) is 20.3. The van der Waals surface area contributed by atoms with E-state index in [0.717, 1.165) is 18.4 Å². The second-order valence-electron chi connectivity index (χ2n) is 11.8. The molecule has 0 bridgehead atoms. The molecule has 230 valence electrons. The Balaban J connectivity index is 1.09. The van der Waals surface area contributed by atoms with E-state index < -0.39 is 17.9 Å². The van der Waals surface area contributed by atoms with Crippen LogP contribution in [0.4, 0.5) is 13.2 Å². The van der Waals surface area contributed by atoms with Crippen LogP contribution >= 0.6 is 0 Å². The predicted molar refractivity (Wildman–Crippen MR) is 161 cm³/mol. The van der Waals surface area contributed by atoms with Gasteiger partial charge in [-0.3, -0.25) is 9.18 Å². The number of fused-ring (bicyclic) bond motifs is 1. The number of carbonyl (C=O) groups excluding carboxylic acids is 1. The number of carbonyl (C=O) groups is 1. The lowest BCUT2D eigenvalue weighted by Gasteiger charge is -2.26. The van der Waals surface area contributed by atoms with Crippen LogP contribution < -0.4 is 9.47 Å². The van der Waals surface area contributed by atoms with E-state index in [4.69, 9.17) is 19.2 Å². The number of alkyl halides is 1. The standard InChI is InChI=1S/C35H30F3N3O4/c36-19-35(10-11-35)20-41-32-15-27(45-21-42)8-9-31(32)39-33(41)14-23-5-6-24(13-28(23)37)30-2-1-3-34(40-30)44-18-25-7-4-22(12-29(25)38)26-16-43-17-26/h1-9,12-13,15,21,26H,10-11,14,16-20H2. The van der Waals surface area contributed by atoms with Gasteiger partial charge in [0.25, 0.3) is 6.47 Å². The van der Waals surface area contributed by atoms with E-state index in [0.29, 0.717) is 77.1 Å². The van der Waals surface area contributed by atoms with Gasteiger partial charge in [-0.2, -0.15) is 0 Å². The molecule has 7 nitrogen and oxygen atoms in total. The fourth-order valence-electron chi connectivity index (χ4n) is 5.63. The summed E-state index contributed by atoms with van der Waals surface area (Å²) in [5.41, 5.74) is 3.71. The van der Waals surface area contributed by atoms with Crippen molar-refractivity contribution in [1.82, 2.24) is 14.5 Å². The van der Waals surface area contributed by atoms with Crippen LogP contribution in [0, 0.1) is 17.0 Å². The van der Waals surface area contributed by atoms with E-state index in [1.807, 2.05) is 10.6 Å². The average molecular weight is 614 g/mol. The highest BCUT2D eigenvalue weighted by molar-refractivity contribution is 5.78. The first-order valence-corrected chi connectivity index (χ1v) is 14.8. The zero-order valence-corrected chi connectivity index (χ0v) is 24.3. The molecule has 3 aromatic carbocycles. The number of benzene rings is 3. The zero-order chi connectivity index (χ0) is 31.0. The molecule has 2 aromatic heterocycles. The predicted octanol–water partition coefficient (Wildman–Crippen LogP) is 6.95. The first-order valence-electron chi connectivity index (χ1n) is 14.8. The van der Waals surface area contributed by atoms with Crippen LogP contribution in [-0.2, 0) is 29.1 Å². The molecule has 5 aromatic rings. The van der Waals surface area contributed by atoms with Gasteiger partial charge in [-0.1, -0.05) is 30.3 Å². The molecule has 3 heterocycles. The molecule has 1 aliphatic heterocycles. The first kappa shape index (κ1) is 29.0. The van der Waals surface area contributed by atoms with Crippen molar-refractivity contribution in [3.05, 3.63) is 107 Å². The topological polar surface area (TPSA) is 75.5 Å². The highest BCUT2D eigenvalue weighted by Gasteiger charge is 2.43. The number of pyridine rings is 1. The maximum atomic E-state index is 15.6. The van der Waals surface area contributed by atoms with Crippen molar-refractivity contribution in [1.29, 1.82) is 0 Å². The van der Waals surface area contributed by atoms with Gasteiger partial charge in [0, 0.05) is 47.6 Å². The smallest absolute Gasteiger partial charge is 0.298 e. The van der Waals surface area contributed by atoms with Crippen molar-refractivity contribution < 1.29 is 32.2 Å². The van der Waals surface area contributed by atoms with Gasteiger partial charge in [0.15, 0.2) is 0 Å². The van der Waals surface area contributed by atoms with Crippen LogP contribution in [0.5, 0.6) is 11.6 Å². The SMILES string of the molecule is O=COc1ccc2nc(Cc3ccc(-c4cccc(OCc5ccc(C6COC6)cc5F)n4)cc3F)n(CC3(CF)CC3)c2c1. The summed E-state index contributed by atoms with van der Waals surface area (Å²) in [5, 5.41) is 0. The maximum absolute atomic E-state index is 15.6. The van der Waals surface area contributed by atoms with Crippen LogP contribution in [0.3, 0.4) is 0 Å². The molecule has 45 heavy (non-hydrogen) atoms. The third-order valence-corrected chi connectivity index (χ3v) is 8.70. The first-order chi connectivity index (χ1) is 21.9. The van der Waals surface area contributed by atoms with Gasteiger partial charge in [0.05, 0.1) is 36.6 Å². The van der Waals surface area contributed by atoms with Crippen molar-refractivity contribution in [3.63, 3.8) is 0 Å². The summed E-state index contributed by atoms with van der Waals surface area (Å²) >= 11 is 0. The van der Waals surface area contributed by atoms with E-state index in [2.05, 4.69) is 4.98 Å². The third-order valence-electron chi connectivity index (χ3n) is 8.70. The van der Waals surface area contributed by atoms with Gasteiger partial charge in [-0.05, 0) is 54.3 Å². The fraction of sp³-hybridized carbons (Fsp3) is 0.286. The molecule has 0 atom stereocenters. The van der Waals surface area contributed by atoms with Crippen LogP contribution in [0.25, 0.3) is 22.3 Å².